The second-order valence-electron chi connectivity index (χ2n) is 6.35. The third-order valence-corrected chi connectivity index (χ3v) is 5.64. The average molecular weight is 429 g/mol. The van der Waals surface area contributed by atoms with Crippen molar-refractivity contribution in [2.24, 2.45) is 0 Å². The molecule has 0 fully saturated rings. The molecule has 2 N–H and O–H groups in total. The molecule has 1 aliphatic rings. The van der Waals surface area contributed by atoms with E-state index in [9.17, 15) is 9.59 Å². The minimum atomic E-state index is -0.257. The maximum atomic E-state index is 12.6. The Hall–Kier alpha value is -3.03. The highest BCUT2D eigenvalue weighted by Gasteiger charge is 2.16. The lowest BCUT2D eigenvalue weighted by molar-refractivity contribution is -0.114. The van der Waals surface area contributed by atoms with Crippen molar-refractivity contribution in [1.82, 2.24) is 0 Å². The van der Waals surface area contributed by atoms with Crippen LogP contribution in [-0.2, 0) is 4.79 Å². The molecule has 148 valence electrons. The summed E-state index contributed by atoms with van der Waals surface area (Å²) >= 11 is 7.60. The van der Waals surface area contributed by atoms with Crippen molar-refractivity contribution in [3.05, 3.63) is 58.4 Å². The minimum Gasteiger partial charge on any atom is -0.486 e. The van der Waals surface area contributed by atoms with Crippen LogP contribution in [0.1, 0.15) is 16.6 Å². The molecule has 0 atom stereocenters. The number of halogens is 1. The second kappa shape index (κ2) is 8.14. The molecule has 0 aliphatic carbocycles. The number of benzene rings is 2. The number of ether oxygens (including phenoxy) is 2. The van der Waals surface area contributed by atoms with E-state index < -0.39 is 0 Å². The summed E-state index contributed by atoms with van der Waals surface area (Å²) in [5.74, 6) is 0.988. The summed E-state index contributed by atoms with van der Waals surface area (Å²) in [5, 5.41) is 5.79. The van der Waals surface area contributed by atoms with Crippen LogP contribution in [0.2, 0.25) is 5.02 Å². The predicted molar refractivity (Wildman–Crippen MR) is 114 cm³/mol. The third kappa shape index (κ3) is 4.36. The Bertz CT molecular complexity index is 1100. The number of amides is 2. The van der Waals surface area contributed by atoms with Gasteiger partial charge in [0.05, 0.1) is 15.6 Å². The van der Waals surface area contributed by atoms with Gasteiger partial charge in [-0.3, -0.25) is 9.59 Å². The topological polar surface area (TPSA) is 76.7 Å². The van der Waals surface area contributed by atoms with E-state index in [-0.39, 0.29) is 11.8 Å². The molecule has 29 heavy (non-hydrogen) atoms. The molecule has 0 saturated heterocycles. The molecule has 2 aromatic carbocycles. The summed E-state index contributed by atoms with van der Waals surface area (Å²) in [6.45, 7) is 2.49. The summed E-state index contributed by atoms with van der Waals surface area (Å²) in [6, 6.07) is 14.3. The third-order valence-electron chi connectivity index (χ3n) is 4.19. The Labute approximate surface area is 176 Å². The van der Waals surface area contributed by atoms with Gasteiger partial charge < -0.3 is 20.1 Å². The smallest absolute Gasteiger partial charge is 0.265 e. The van der Waals surface area contributed by atoms with E-state index in [1.165, 1.54) is 18.3 Å². The fourth-order valence-electron chi connectivity index (χ4n) is 2.89. The van der Waals surface area contributed by atoms with Gasteiger partial charge in [0.25, 0.3) is 5.91 Å². The van der Waals surface area contributed by atoms with Gasteiger partial charge in [0, 0.05) is 17.5 Å². The fourth-order valence-corrected chi connectivity index (χ4v) is 4.02. The quantitative estimate of drug-likeness (QED) is 0.609. The highest BCUT2D eigenvalue weighted by Crippen LogP contribution is 2.37. The molecular weight excluding hydrogens is 412 g/mol. The van der Waals surface area contributed by atoms with Gasteiger partial charge in [-0.15, -0.1) is 11.3 Å². The Balaban J connectivity index is 1.49. The highest BCUT2D eigenvalue weighted by atomic mass is 35.5. The van der Waals surface area contributed by atoms with Crippen molar-refractivity contribution >= 4 is 46.1 Å². The molecule has 0 unspecified atom stereocenters. The van der Waals surface area contributed by atoms with E-state index >= 15 is 0 Å². The number of hydrogen-bond donors (Lipinski definition) is 2. The normalized spacial score (nSPS) is 12.3. The molecule has 2 amide bonds. The fraction of sp³-hybridized carbons (Fsp3) is 0.143. The van der Waals surface area contributed by atoms with Crippen LogP contribution < -0.4 is 20.1 Å². The van der Waals surface area contributed by atoms with Gasteiger partial charge in [0.15, 0.2) is 11.5 Å². The van der Waals surface area contributed by atoms with E-state index in [1.54, 1.807) is 24.3 Å². The lowest BCUT2D eigenvalue weighted by Gasteiger charge is -2.18. The van der Waals surface area contributed by atoms with E-state index in [2.05, 4.69) is 10.6 Å². The lowest BCUT2D eigenvalue weighted by Crippen LogP contribution is -2.15. The van der Waals surface area contributed by atoms with Crippen molar-refractivity contribution in [1.29, 1.82) is 0 Å². The maximum Gasteiger partial charge on any atom is 0.265 e. The van der Waals surface area contributed by atoms with E-state index in [1.807, 2.05) is 24.3 Å². The zero-order chi connectivity index (χ0) is 20.4. The second-order valence-corrected chi connectivity index (χ2v) is 7.84. The number of carbonyl (C=O) groups excluding carboxylic acids is 2. The van der Waals surface area contributed by atoms with Crippen LogP contribution in [-0.4, -0.2) is 25.0 Å². The van der Waals surface area contributed by atoms with E-state index in [4.69, 9.17) is 21.1 Å². The van der Waals surface area contributed by atoms with Crippen LogP contribution in [0.5, 0.6) is 11.5 Å². The SMILES string of the molecule is CC(=O)Nc1ccc(NC(=O)c2ccc(-c3ccc4c(c3)OCCO4)s2)c(Cl)c1. The monoisotopic (exact) mass is 428 g/mol. The molecular formula is C21H17ClN2O4S. The van der Waals surface area contributed by atoms with E-state index in [0.29, 0.717) is 40.2 Å². The van der Waals surface area contributed by atoms with Crippen LogP contribution in [0.4, 0.5) is 11.4 Å². The zero-order valence-corrected chi connectivity index (χ0v) is 17.0. The zero-order valence-electron chi connectivity index (χ0n) is 15.5. The lowest BCUT2D eigenvalue weighted by atomic mass is 10.1. The molecule has 8 heteroatoms. The van der Waals surface area contributed by atoms with Gasteiger partial charge in [0.1, 0.15) is 13.2 Å². The van der Waals surface area contributed by atoms with Crippen molar-refractivity contribution in [2.45, 2.75) is 6.92 Å². The first kappa shape index (κ1) is 19.3. The van der Waals surface area contributed by atoms with Crippen LogP contribution >= 0.6 is 22.9 Å². The van der Waals surface area contributed by atoms with Gasteiger partial charge in [0.2, 0.25) is 5.91 Å². The van der Waals surface area contributed by atoms with Crippen molar-refractivity contribution < 1.29 is 19.1 Å². The molecule has 6 nitrogen and oxygen atoms in total. The number of anilines is 2. The van der Waals surface area contributed by atoms with Gasteiger partial charge in [-0.25, -0.2) is 0 Å². The van der Waals surface area contributed by atoms with Gasteiger partial charge in [-0.1, -0.05) is 11.6 Å². The molecule has 1 aliphatic heterocycles. The van der Waals surface area contributed by atoms with Gasteiger partial charge >= 0.3 is 0 Å². The largest absolute Gasteiger partial charge is 0.486 e. The first-order valence-corrected chi connectivity index (χ1v) is 10.1. The number of rotatable bonds is 4. The minimum absolute atomic E-state index is 0.192. The number of nitrogens with one attached hydrogen (secondary N) is 2. The van der Waals surface area contributed by atoms with Crippen molar-refractivity contribution in [2.75, 3.05) is 23.8 Å². The number of thiophene rings is 1. The van der Waals surface area contributed by atoms with Crippen LogP contribution in [0.3, 0.4) is 0 Å². The van der Waals surface area contributed by atoms with Crippen molar-refractivity contribution in [3.63, 3.8) is 0 Å². The van der Waals surface area contributed by atoms with Crippen LogP contribution in [0, 0.1) is 0 Å². The summed E-state index contributed by atoms with van der Waals surface area (Å²) in [4.78, 5) is 25.3. The first-order valence-electron chi connectivity index (χ1n) is 8.88. The standard InChI is InChI=1S/C21H17ClN2O4S/c1-12(25)23-14-3-4-16(15(22)11-14)24-21(26)20-7-6-19(29-20)13-2-5-17-18(10-13)28-9-8-27-17/h2-7,10-11H,8-9H2,1H3,(H,23,25)(H,24,26). The number of hydrogen-bond acceptors (Lipinski definition) is 5. The molecule has 4 rings (SSSR count). The molecule has 2 heterocycles. The number of fused-ring (bicyclic) bond motifs is 1. The first-order chi connectivity index (χ1) is 14.0. The highest BCUT2D eigenvalue weighted by molar-refractivity contribution is 7.17. The molecule has 0 saturated carbocycles. The Kier molecular flexibility index (Phi) is 5.42. The summed E-state index contributed by atoms with van der Waals surface area (Å²) in [6.07, 6.45) is 0. The summed E-state index contributed by atoms with van der Waals surface area (Å²) < 4.78 is 11.2. The Morgan fingerprint density at radius 1 is 0.966 bits per heavy atom. The molecule has 0 bridgehead atoms. The summed E-state index contributed by atoms with van der Waals surface area (Å²) in [5.41, 5.74) is 1.99. The molecule has 3 aromatic rings. The molecule has 0 radical (unpaired) electrons. The maximum absolute atomic E-state index is 12.6. The molecule has 1 aromatic heterocycles. The van der Waals surface area contributed by atoms with E-state index in [0.717, 1.165) is 16.2 Å². The van der Waals surface area contributed by atoms with Crippen molar-refractivity contribution in [3.8, 4) is 21.9 Å². The predicted octanol–water partition coefficient (Wildman–Crippen LogP) is 5.05. The number of carbonyl (C=O) groups is 2. The Morgan fingerprint density at radius 2 is 1.76 bits per heavy atom. The Morgan fingerprint density at radius 3 is 2.52 bits per heavy atom. The van der Waals surface area contributed by atoms with Crippen LogP contribution in [0.25, 0.3) is 10.4 Å². The van der Waals surface area contributed by atoms with Gasteiger partial charge in [-0.2, -0.15) is 0 Å². The summed E-state index contributed by atoms with van der Waals surface area (Å²) in [7, 11) is 0. The molecule has 0 spiro atoms. The van der Waals surface area contributed by atoms with Gasteiger partial charge in [-0.05, 0) is 54.1 Å². The average Bonchev–Trinajstić information content (AvgIpc) is 3.19. The van der Waals surface area contributed by atoms with Crippen LogP contribution in [0.15, 0.2) is 48.5 Å².